The highest BCUT2D eigenvalue weighted by atomic mass is 16.6. The fourth-order valence-electron chi connectivity index (χ4n) is 10.5. The van der Waals surface area contributed by atoms with Crippen molar-refractivity contribution in [3.05, 3.63) is 35.5 Å². The Kier molecular flexibility index (Phi) is 26.5. The van der Waals surface area contributed by atoms with Gasteiger partial charge in [0.1, 0.15) is 54.2 Å². The molecule has 3 fully saturated rings. The van der Waals surface area contributed by atoms with Crippen LogP contribution < -0.4 is 0 Å². The fraction of sp³-hybridized carbons (Fsp3) is 0.750. The summed E-state index contributed by atoms with van der Waals surface area (Å²) in [6, 6.07) is -1.25. The Hall–Kier alpha value is -4.34. The summed E-state index contributed by atoms with van der Waals surface area (Å²) in [6.45, 7) is 12.1. The number of esters is 2. The molecule has 19 heteroatoms. The Bertz CT molecular complexity index is 2030. The van der Waals surface area contributed by atoms with Crippen LogP contribution in [0.15, 0.2) is 35.5 Å². The Morgan fingerprint density at radius 2 is 1.55 bits per heavy atom. The zero-order chi connectivity index (χ0) is 56.4. The molecule has 0 radical (unpaired) electrons. The van der Waals surface area contributed by atoms with Gasteiger partial charge in [-0.3, -0.25) is 33.6 Å². The monoisotopic (exact) mass is 1060 g/mol. The molecule has 15 atom stereocenters. The van der Waals surface area contributed by atoms with Crippen molar-refractivity contribution in [3.63, 3.8) is 0 Å². The highest BCUT2D eigenvalue weighted by Crippen LogP contribution is 2.38. The molecule has 0 aromatic heterocycles. The van der Waals surface area contributed by atoms with Crippen LogP contribution in [0.3, 0.4) is 0 Å². The number of amides is 1. The van der Waals surface area contributed by atoms with E-state index in [9.17, 15) is 58.8 Å². The summed E-state index contributed by atoms with van der Waals surface area (Å²) in [5.74, 6) is -10.0. The van der Waals surface area contributed by atoms with Crippen LogP contribution in [0.1, 0.15) is 132 Å². The topological polar surface area (TPSA) is 276 Å². The van der Waals surface area contributed by atoms with Crippen molar-refractivity contribution in [2.75, 3.05) is 41.1 Å². The summed E-state index contributed by atoms with van der Waals surface area (Å²) in [7, 11) is 4.26. The van der Waals surface area contributed by atoms with Crippen molar-refractivity contribution in [1.82, 2.24) is 4.90 Å². The summed E-state index contributed by atoms with van der Waals surface area (Å²) < 4.78 is 34.9. The molecule has 1 aliphatic carbocycles. The van der Waals surface area contributed by atoms with Crippen LogP contribution in [0.2, 0.25) is 0 Å². The predicted molar refractivity (Wildman–Crippen MR) is 274 cm³/mol. The number of aliphatic hydroxyl groups is 4. The van der Waals surface area contributed by atoms with Crippen LogP contribution in [-0.2, 0) is 66.8 Å². The molecule has 0 aromatic rings. The number of allylic oxidation sites excluding steroid dienone is 4. The molecule has 0 bridgehead atoms. The number of Topliss-reactive ketones (excluding diaryl/α,β-unsaturated/α-hetero) is 3. The minimum Gasteiger partial charge on any atom is -0.460 e. The van der Waals surface area contributed by atoms with E-state index in [1.165, 1.54) is 46.5 Å². The number of hydrogen-bond acceptors (Lipinski definition) is 18. The van der Waals surface area contributed by atoms with E-state index in [0.717, 1.165) is 4.90 Å². The summed E-state index contributed by atoms with van der Waals surface area (Å²) in [4.78, 5) is 107. The van der Waals surface area contributed by atoms with Gasteiger partial charge < -0.3 is 53.7 Å². The number of nitrogens with zero attached hydrogens (tertiary/aromatic N) is 1. The molecule has 3 aliphatic rings. The zero-order valence-corrected chi connectivity index (χ0v) is 46.1. The second kappa shape index (κ2) is 30.6. The molecule has 424 valence electrons. The third-order valence-corrected chi connectivity index (χ3v) is 15.7. The maximum atomic E-state index is 14.5. The van der Waals surface area contributed by atoms with Crippen LogP contribution in [0.4, 0.5) is 0 Å². The summed E-state index contributed by atoms with van der Waals surface area (Å²) in [5, 5.41) is 42.8. The lowest BCUT2D eigenvalue weighted by molar-refractivity contribution is -0.265. The third kappa shape index (κ3) is 17.6. The third-order valence-electron chi connectivity index (χ3n) is 15.7. The van der Waals surface area contributed by atoms with Crippen LogP contribution in [0.25, 0.3) is 0 Å². The molecule has 2 saturated heterocycles. The second-order valence-electron chi connectivity index (χ2n) is 21.7. The van der Waals surface area contributed by atoms with E-state index < -0.39 is 120 Å². The summed E-state index contributed by atoms with van der Waals surface area (Å²) in [6.07, 6.45) is 4.97. The highest BCUT2D eigenvalue weighted by molar-refractivity contribution is 6.39. The van der Waals surface area contributed by atoms with Gasteiger partial charge in [-0.15, -0.1) is 0 Å². The van der Waals surface area contributed by atoms with Crippen LogP contribution >= 0.6 is 0 Å². The number of ketones is 3. The van der Waals surface area contributed by atoms with Crippen molar-refractivity contribution >= 4 is 47.8 Å². The van der Waals surface area contributed by atoms with E-state index in [0.29, 0.717) is 81.5 Å². The number of hydrogen-bond donors (Lipinski definition) is 4. The van der Waals surface area contributed by atoms with Gasteiger partial charge in [-0.1, -0.05) is 46.8 Å². The van der Waals surface area contributed by atoms with Gasteiger partial charge in [-0.2, -0.15) is 0 Å². The number of rotatable bonds is 30. The van der Waals surface area contributed by atoms with Gasteiger partial charge >= 0.3 is 11.9 Å². The molecule has 2 aliphatic heterocycles. The number of carbonyl (C=O) groups is 8. The average molecular weight is 1060 g/mol. The van der Waals surface area contributed by atoms with Gasteiger partial charge in [0.25, 0.3) is 11.7 Å². The first-order valence-corrected chi connectivity index (χ1v) is 26.5. The standard InChI is InChI=1S/C56H87NO18/c1-33(15-14-23-58)25-37(5)48(63)50(72-11)49(64)38(6)26-35(3)43(62)30-46(36(4)27-40-18-20-44(47(28-40)71-10)74-54(68)55(8,31-60)32-61)73-53(67)42-16-12-13-22-57(42)52(66)51(65)56(69)39(7)17-19-41(75-56)29-45(70-9)34(2)21-24-59/h14-15,21,23-24,26,33,35-37,39-42,44-47,49-50,60-61,64,69H,12-13,16-20,22,25,27-32H2,1-11H3/b15-14+,34-21+,38-26+/t33-,35-,36-,37-,39-,40-,41+,42+,44-,45+,46+,47-,49-,50+,56-/m1/s1. The molecule has 2 heterocycles. The van der Waals surface area contributed by atoms with Crippen molar-refractivity contribution in [1.29, 1.82) is 0 Å². The number of likely N-dealkylation sites (tertiary alicyclic amines) is 1. The molecule has 4 N–H and O–H groups in total. The van der Waals surface area contributed by atoms with E-state index >= 15 is 0 Å². The Labute approximate surface area is 443 Å². The van der Waals surface area contributed by atoms with Gasteiger partial charge in [-0.05, 0) is 126 Å². The number of piperidine rings is 1. The normalized spacial score (nSPS) is 27.2. The first-order chi connectivity index (χ1) is 35.4. The molecule has 0 unspecified atom stereocenters. The van der Waals surface area contributed by atoms with Gasteiger partial charge in [-0.25, -0.2) is 4.79 Å². The van der Waals surface area contributed by atoms with Gasteiger partial charge in [0, 0.05) is 58.5 Å². The zero-order valence-electron chi connectivity index (χ0n) is 46.1. The molecule has 1 amide bonds. The van der Waals surface area contributed by atoms with Crippen LogP contribution in [0, 0.1) is 40.9 Å². The van der Waals surface area contributed by atoms with E-state index in [-0.39, 0.29) is 49.2 Å². The largest absolute Gasteiger partial charge is 0.460 e. The van der Waals surface area contributed by atoms with E-state index in [1.54, 1.807) is 40.7 Å². The maximum absolute atomic E-state index is 14.5. The number of aliphatic hydroxyl groups excluding tert-OH is 3. The minimum absolute atomic E-state index is 0.00419. The summed E-state index contributed by atoms with van der Waals surface area (Å²) >= 11 is 0. The predicted octanol–water partition coefficient (Wildman–Crippen LogP) is 4.55. The first-order valence-electron chi connectivity index (χ1n) is 26.5. The van der Waals surface area contributed by atoms with Crippen molar-refractivity contribution in [3.8, 4) is 0 Å². The first kappa shape index (κ1) is 64.9. The Balaban J connectivity index is 1.91. The fourth-order valence-corrected chi connectivity index (χ4v) is 10.5. The maximum Gasteiger partial charge on any atom is 0.329 e. The molecule has 3 rings (SSSR count). The summed E-state index contributed by atoms with van der Waals surface area (Å²) in [5.41, 5.74) is -0.593. The number of aldehydes is 2. The molecule has 75 heavy (non-hydrogen) atoms. The lowest BCUT2D eigenvalue weighted by Gasteiger charge is -2.42. The van der Waals surface area contributed by atoms with E-state index in [2.05, 4.69) is 0 Å². The van der Waals surface area contributed by atoms with Crippen LogP contribution in [0.5, 0.6) is 0 Å². The van der Waals surface area contributed by atoms with Gasteiger partial charge in [0.05, 0.1) is 31.5 Å². The number of ether oxygens (including phenoxy) is 6. The molecule has 0 spiro atoms. The molecule has 1 saturated carbocycles. The SMILES string of the molecule is CO[C@@H](C[C@@H]1CC[C@@H](C)[C@](O)(C(=O)C(=O)N2CCCC[C@H]2C(=O)O[C@@H](CC(=O)[C@H](C)/C=C(\C)[C@@H](O)[C@@H](OC)C(=O)[C@H](C)C[C@H](C)/C=C/C=O)[C@H](C)C[C@H]2CC[C@@H](OC(=O)C(C)(CO)CO)[C@H](OC)C2)O1)/C(C)=C/C=O. The smallest absolute Gasteiger partial charge is 0.329 e. The molecular formula is C56H87NO18. The quantitative estimate of drug-likeness (QED) is 0.0252. The van der Waals surface area contributed by atoms with E-state index in [1.807, 2.05) is 13.8 Å². The number of methoxy groups -OCH3 is 3. The lowest BCUT2D eigenvalue weighted by atomic mass is 9.78. The Morgan fingerprint density at radius 1 is 0.867 bits per heavy atom. The molecule has 19 nitrogen and oxygen atoms in total. The van der Waals surface area contributed by atoms with E-state index in [4.69, 9.17) is 28.4 Å². The average Bonchev–Trinajstić information content (AvgIpc) is 3.39. The molecular weight excluding hydrogens is 975 g/mol. The van der Waals surface area contributed by atoms with Gasteiger partial charge in [0.2, 0.25) is 5.79 Å². The van der Waals surface area contributed by atoms with Crippen molar-refractivity contribution in [2.45, 2.75) is 187 Å². The van der Waals surface area contributed by atoms with Crippen molar-refractivity contribution < 1.29 is 87.2 Å². The highest BCUT2D eigenvalue weighted by Gasteiger charge is 2.53. The number of carbonyl (C=O) groups excluding carboxylic acids is 8. The minimum atomic E-state index is -2.53. The molecule has 0 aromatic carbocycles. The second-order valence-corrected chi connectivity index (χ2v) is 21.7. The van der Waals surface area contributed by atoms with Crippen molar-refractivity contribution in [2.24, 2.45) is 40.9 Å². The lowest BCUT2D eigenvalue weighted by Crippen LogP contribution is -2.61. The van der Waals surface area contributed by atoms with Gasteiger partial charge in [0.15, 0.2) is 5.78 Å². The van der Waals surface area contributed by atoms with Crippen LogP contribution in [-0.4, -0.2) is 169 Å². The Morgan fingerprint density at radius 3 is 2.15 bits per heavy atom.